The molecule has 2 heterocycles. The Labute approximate surface area is 95.0 Å². The van der Waals surface area contributed by atoms with Crippen LogP contribution in [0.5, 0.6) is 0 Å². The number of ketones is 1. The SMILES string of the molecule is O=C(Cc1cccs1)c1sccc1Cl. The maximum absolute atomic E-state index is 11.7. The van der Waals surface area contributed by atoms with Gasteiger partial charge in [-0.2, -0.15) is 0 Å². The molecule has 0 bridgehead atoms. The first-order chi connectivity index (χ1) is 6.77. The molecule has 2 aromatic rings. The Hall–Kier alpha value is -0.640. The van der Waals surface area contributed by atoms with Crippen LogP contribution in [0, 0.1) is 0 Å². The van der Waals surface area contributed by atoms with Crippen LogP contribution < -0.4 is 0 Å². The molecular weight excluding hydrogens is 236 g/mol. The second-order valence-corrected chi connectivity index (χ2v) is 5.13. The van der Waals surface area contributed by atoms with Crippen molar-refractivity contribution in [1.82, 2.24) is 0 Å². The Kier molecular flexibility index (Phi) is 3.01. The smallest absolute Gasteiger partial charge is 0.179 e. The normalized spacial score (nSPS) is 10.4. The lowest BCUT2D eigenvalue weighted by atomic mass is 10.2. The number of carbonyl (C=O) groups excluding carboxylic acids is 1. The third kappa shape index (κ3) is 2.05. The second kappa shape index (κ2) is 4.26. The van der Waals surface area contributed by atoms with Gasteiger partial charge in [0, 0.05) is 11.3 Å². The Morgan fingerprint density at radius 3 is 2.71 bits per heavy atom. The van der Waals surface area contributed by atoms with Crippen LogP contribution >= 0.6 is 34.3 Å². The van der Waals surface area contributed by atoms with Gasteiger partial charge in [-0.25, -0.2) is 0 Å². The molecule has 0 spiro atoms. The summed E-state index contributed by atoms with van der Waals surface area (Å²) in [5, 5.41) is 4.37. The first kappa shape index (κ1) is 9.90. The Morgan fingerprint density at radius 2 is 2.14 bits per heavy atom. The molecular formula is C10H7ClOS2. The quantitative estimate of drug-likeness (QED) is 0.747. The minimum absolute atomic E-state index is 0.104. The fourth-order valence-corrected chi connectivity index (χ4v) is 2.95. The monoisotopic (exact) mass is 242 g/mol. The molecule has 0 saturated heterocycles. The molecule has 14 heavy (non-hydrogen) atoms. The molecule has 2 aromatic heterocycles. The van der Waals surface area contributed by atoms with Crippen LogP contribution in [0.2, 0.25) is 5.02 Å². The summed E-state index contributed by atoms with van der Waals surface area (Å²) >= 11 is 8.87. The lowest BCUT2D eigenvalue weighted by Crippen LogP contribution is -1.99. The van der Waals surface area contributed by atoms with Crippen LogP contribution in [0.25, 0.3) is 0 Å². The van der Waals surface area contributed by atoms with E-state index >= 15 is 0 Å². The number of Topliss-reactive ketones (excluding diaryl/α,β-unsaturated/α-hetero) is 1. The molecule has 0 fully saturated rings. The molecule has 0 aliphatic carbocycles. The topological polar surface area (TPSA) is 17.1 Å². The zero-order valence-corrected chi connectivity index (χ0v) is 9.59. The number of thiophene rings is 2. The van der Waals surface area contributed by atoms with E-state index in [2.05, 4.69) is 0 Å². The molecule has 0 unspecified atom stereocenters. The van der Waals surface area contributed by atoms with Crippen molar-refractivity contribution in [1.29, 1.82) is 0 Å². The summed E-state index contributed by atoms with van der Waals surface area (Å²) in [7, 11) is 0. The standard InChI is InChI=1S/C10H7ClOS2/c11-8-3-5-14-10(8)9(12)6-7-2-1-4-13-7/h1-5H,6H2. The van der Waals surface area contributed by atoms with Crippen LogP contribution in [0.15, 0.2) is 29.0 Å². The first-order valence-corrected chi connectivity index (χ1v) is 6.19. The van der Waals surface area contributed by atoms with E-state index in [0.717, 1.165) is 4.88 Å². The van der Waals surface area contributed by atoms with Gasteiger partial charge in [-0.1, -0.05) is 17.7 Å². The van der Waals surface area contributed by atoms with Gasteiger partial charge in [0.05, 0.1) is 9.90 Å². The minimum Gasteiger partial charge on any atom is -0.293 e. The number of carbonyl (C=O) groups is 1. The fraction of sp³-hybridized carbons (Fsp3) is 0.100. The van der Waals surface area contributed by atoms with Crippen LogP contribution in [-0.4, -0.2) is 5.78 Å². The highest BCUT2D eigenvalue weighted by atomic mass is 35.5. The molecule has 1 nitrogen and oxygen atoms in total. The predicted molar refractivity (Wildman–Crippen MR) is 61.7 cm³/mol. The Bertz CT molecular complexity index is 431. The molecule has 0 aromatic carbocycles. The summed E-state index contributed by atoms with van der Waals surface area (Å²) in [6.45, 7) is 0. The van der Waals surface area contributed by atoms with Crippen LogP contribution in [0.3, 0.4) is 0 Å². The lowest BCUT2D eigenvalue weighted by Gasteiger charge is -1.95. The van der Waals surface area contributed by atoms with Crippen LogP contribution in [0.4, 0.5) is 0 Å². The van der Waals surface area contributed by atoms with Gasteiger partial charge in [0.15, 0.2) is 5.78 Å². The zero-order chi connectivity index (χ0) is 9.97. The van der Waals surface area contributed by atoms with E-state index in [9.17, 15) is 4.79 Å². The van der Waals surface area contributed by atoms with Crippen molar-refractivity contribution in [2.24, 2.45) is 0 Å². The van der Waals surface area contributed by atoms with Gasteiger partial charge < -0.3 is 0 Å². The summed E-state index contributed by atoms with van der Waals surface area (Å²) in [4.78, 5) is 13.5. The molecule has 0 aliphatic rings. The van der Waals surface area contributed by atoms with Gasteiger partial charge >= 0.3 is 0 Å². The van der Waals surface area contributed by atoms with Gasteiger partial charge in [-0.05, 0) is 22.9 Å². The van der Waals surface area contributed by atoms with Crippen molar-refractivity contribution in [2.75, 3.05) is 0 Å². The number of hydrogen-bond donors (Lipinski definition) is 0. The molecule has 0 saturated carbocycles. The lowest BCUT2D eigenvalue weighted by molar-refractivity contribution is 0.0998. The average Bonchev–Trinajstić information content (AvgIpc) is 2.75. The molecule has 72 valence electrons. The first-order valence-electron chi connectivity index (χ1n) is 4.06. The highest BCUT2D eigenvalue weighted by molar-refractivity contribution is 7.13. The molecule has 4 heteroatoms. The van der Waals surface area contributed by atoms with Gasteiger partial charge in [0.2, 0.25) is 0 Å². The largest absolute Gasteiger partial charge is 0.293 e. The number of halogens is 1. The van der Waals surface area contributed by atoms with Crippen molar-refractivity contribution in [2.45, 2.75) is 6.42 Å². The Balaban J connectivity index is 2.14. The van der Waals surface area contributed by atoms with E-state index in [-0.39, 0.29) is 5.78 Å². The van der Waals surface area contributed by atoms with Gasteiger partial charge in [-0.3, -0.25) is 4.79 Å². The van der Waals surface area contributed by atoms with Crippen molar-refractivity contribution < 1.29 is 4.79 Å². The second-order valence-electron chi connectivity index (χ2n) is 2.78. The van der Waals surface area contributed by atoms with E-state index in [0.29, 0.717) is 16.3 Å². The molecule has 0 radical (unpaired) electrons. The van der Waals surface area contributed by atoms with Gasteiger partial charge in [0.25, 0.3) is 0 Å². The molecule has 2 rings (SSSR count). The summed E-state index contributed by atoms with van der Waals surface area (Å²) < 4.78 is 0. The molecule has 0 N–H and O–H groups in total. The van der Waals surface area contributed by atoms with Gasteiger partial charge in [0.1, 0.15) is 0 Å². The number of rotatable bonds is 3. The van der Waals surface area contributed by atoms with E-state index in [1.54, 1.807) is 17.4 Å². The Morgan fingerprint density at radius 1 is 1.29 bits per heavy atom. The van der Waals surface area contributed by atoms with Crippen molar-refractivity contribution >= 4 is 40.1 Å². The maximum atomic E-state index is 11.7. The van der Waals surface area contributed by atoms with Crippen molar-refractivity contribution in [3.05, 3.63) is 43.7 Å². The zero-order valence-electron chi connectivity index (χ0n) is 7.20. The molecule has 0 aliphatic heterocycles. The van der Waals surface area contributed by atoms with E-state index in [4.69, 9.17) is 11.6 Å². The molecule has 0 amide bonds. The third-order valence-electron chi connectivity index (χ3n) is 1.79. The van der Waals surface area contributed by atoms with E-state index in [1.807, 2.05) is 22.9 Å². The maximum Gasteiger partial charge on any atom is 0.179 e. The van der Waals surface area contributed by atoms with Crippen molar-refractivity contribution in [3.63, 3.8) is 0 Å². The fourth-order valence-electron chi connectivity index (χ4n) is 1.14. The minimum atomic E-state index is 0.104. The highest BCUT2D eigenvalue weighted by Gasteiger charge is 2.12. The summed E-state index contributed by atoms with van der Waals surface area (Å²) in [5.74, 6) is 0.104. The van der Waals surface area contributed by atoms with Crippen LogP contribution in [-0.2, 0) is 6.42 Å². The van der Waals surface area contributed by atoms with E-state index in [1.165, 1.54) is 11.3 Å². The number of hydrogen-bond acceptors (Lipinski definition) is 3. The van der Waals surface area contributed by atoms with Gasteiger partial charge in [-0.15, -0.1) is 22.7 Å². The third-order valence-corrected chi connectivity index (χ3v) is 4.04. The van der Waals surface area contributed by atoms with Crippen molar-refractivity contribution in [3.8, 4) is 0 Å². The van der Waals surface area contributed by atoms with E-state index < -0.39 is 0 Å². The highest BCUT2D eigenvalue weighted by Crippen LogP contribution is 2.24. The predicted octanol–water partition coefficient (Wildman–Crippen LogP) is 3.89. The molecule has 0 atom stereocenters. The summed E-state index contributed by atoms with van der Waals surface area (Å²) in [6, 6.07) is 5.67. The average molecular weight is 243 g/mol. The van der Waals surface area contributed by atoms with Crippen LogP contribution in [0.1, 0.15) is 14.5 Å². The summed E-state index contributed by atoms with van der Waals surface area (Å²) in [5.41, 5.74) is 0. The summed E-state index contributed by atoms with van der Waals surface area (Å²) in [6.07, 6.45) is 0.456.